The van der Waals surface area contributed by atoms with E-state index < -0.39 is 0 Å². The van der Waals surface area contributed by atoms with E-state index in [1.165, 1.54) is 5.56 Å². The molecule has 0 aliphatic heterocycles. The van der Waals surface area contributed by atoms with Crippen LogP contribution in [0.3, 0.4) is 0 Å². The first-order valence-electron chi connectivity index (χ1n) is 7.33. The summed E-state index contributed by atoms with van der Waals surface area (Å²) >= 11 is 0. The van der Waals surface area contributed by atoms with Crippen molar-refractivity contribution in [2.24, 2.45) is 0 Å². The summed E-state index contributed by atoms with van der Waals surface area (Å²) in [4.78, 5) is 0. The maximum Gasteiger partial charge on any atom is 0.254 e. The van der Waals surface area contributed by atoms with Crippen LogP contribution in [0.1, 0.15) is 17.0 Å². The molecule has 0 saturated carbocycles. The van der Waals surface area contributed by atoms with E-state index in [1.54, 1.807) is 7.11 Å². The summed E-state index contributed by atoms with van der Waals surface area (Å²) in [6.45, 7) is 4.32. The van der Waals surface area contributed by atoms with E-state index >= 15 is 0 Å². The lowest BCUT2D eigenvalue weighted by atomic mass is 10.1. The summed E-state index contributed by atoms with van der Waals surface area (Å²) in [5.41, 5.74) is 3.11. The van der Waals surface area contributed by atoms with Gasteiger partial charge in [-0.2, -0.15) is 0 Å². The summed E-state index contributed by atoms with van der Waals surface area (Å²) in [5.74, 6) is 2.45. The van der Waals surface area contributed by atoms with Gasteiger partial charge in [-0.15, -0.1) is 10.2 Å². The zero-order valence-electron chi connectivity index (χ0n) is 13.4. The molecule has 23 heavy (non-hydrogen) atoms. The van der Waals surface area contributed by atoms with Crippen molar-refractivity contribution in [2.75, 3.05) is 7.11 Å². The van der Waals surface area contributed by atoms with Gasteiger partial charge in [0.15, 0.2) is 6.61 Å². The van der Waals surface area contributed by atoms with Crippen molar-refractivity contribution in [3.63, 3.8) is 0 Å². The van der Waals surface area contributed by atoms with E-state index in [0.29, 0.717) is 11.8 Å². The molecular weight excluding hydrogens is 292 g/mol. The number of aromatic nitrogens is 2. The SMILES string of the molecule is COc1cccc(-c2nnc(COc3cccc(C)c3C)o2)c1. The lowest BCUT2D eigenvalue weighted by Gasteiger charge is -2.08. The van der Waals surface area contributed by atoms with Gasteiger partial charge in [0.05, 0.1) is 7.11 Å². The minimum absolute atomic E-state index is 0.237. The largest absolute Gasteiger partial charge is 0.497 e. The maximum absolute atomic E-state index is 5.78. The normalized spacial score (nSPS) is 10.6. The third kappa shape index (κ3) is 3.34. The standard InChI is InChI=1S/C18H18N2O3/c1-12-6-4-9-16(13(12)2)22-11-17-19-20-18(23-17)14-7-5-8-15(10-14)21-3/h4-10H,11H2,1-3H3. The highest BCUT2D eigenvalue weighted by Gasteiger charge is 2.11. The Morgan fingerprint density at radius 3 is 2.70 bits per heavy atom. The van der Waals surface area contributed by atoms with E-state index in [0.717, 1.165) is 22.6 Å². The van der Waals surface area contributed by atoms with Gasteiger partial charge in [0, 0.05) is 5.56 Å². The first-order chi connectivity index (χ1) is 11.2. The van der Waals surface area contributed by atoms with Gasteiger partial charge < -0.3 is 13.9 Å². The molecule has 0 aliphatic rings. The van der Waals surface area contributed by atoms with E-state index in [9.17, 15) is 0 Å². The summed E-state index contributed by atoms with van der Waals surface area (Å²) in [6.07, 6.45) is 0. The Kier molecular flexibility index (Phi) is 4.28. The lowest BCUT2D eigenvalue weighted by molar-refractivity contribution is 0.263. The summed E-state index contributed by atoms with van der Waals surface area (Å²) in [6, 6.07) is 13.4. The fourth-order valence-electron chi connectivity index (χ4n) is 2.20. The van der Waals surface area contributed by atoms with E-state index in [2.05, 4.69) is 23.2 Å². The Morgan fingerprint density at radius 2 is 1.87 bits per heavy atom. The fraction of sp³-hybridized carbons (Fsp3) is 0.222. The van der Waals surface area contributed by atoms with Crippen LogP contribution in [0.25, 0.3) is 11.5 Å². The molecule has 0 saturated heterocycles. The quantitative estimate of drug-likeness (QED) is 0.714. The van der Waals surface area contributed by atoms with E-state index in [-0.39, 0.29) is 6.61 Å². The third-order valence-electron chi connectivity index (χ3n) is 3.69. The minimum atomic E-state index is 0.237. The molecule has 3 aromatic rings. The third-order valence-corrected chi connectivity index (χ3v) is 3.69. The number of benzene rings is 2. The van der Waals surface area contributed by atoms with Crippen LogP contribution in [0.5, 0.6) is 11.5 Å². The number of methoxy groups -OCH3 is 1. The van der Waals surface area contributed by atoms with Gasteiger partial charge in [0.2, 0.25) is 5.89 Å². The Labute approximate surface area is 134 Å². The second kappa shape index (κ2) is 6.52. The lowest BCUT2D eigenvalue weighted by Crippen LogP contribution is -1.98. The molecule has 0 aliphatic carbocycles. The molecule has 0 fully saturated rings. The van der Waals surface area contributed by atoms with Crippen LogP contribution in [-0.2, 0) is 6.61 Å². The van der Waals surface area contributed by atoms with Crippen LogP contribution in [0.2, 0.25) is 0 Å². The molecule has 1 aromatic heterocycles. The summed E-state index contributed by atoms with van der Waals surface area (Å²) in [5, 5.41) is 8.09. The van der Waals surface area contributed by atoms with Crippen molar-refractivity contribution in [3.05, 3.63) is 59.5 Å². The van der Waals surface area contributed by atoms with E-state index in [1.807, 2.05) is 43.3 Å². The average Bonchev–Trinajstić information content (AvgIpc) is 3.05. The Hall–Kier alpha value is -2.82. The molecule has 5 heteroatoms. The van der Waals surface area contributed by atoms with Crippen LogP contribution in [-0.4, -0.2) is 17.3 Å². The number of nitrogens with zero attached hydrogens (tertiary/aromatic N) is 2. The van der Waals surface area contributed by atoms with Crippen LogP contribution >= 0.6 is 0 Å². The number of rotatable bonds is 5. The average molecular weight is 310 g/mol. The van der Waals surface area contributed by atoms with Gasteiger partial charge >= 0.3 is 0 Å². The van der Waals surface area contributed by atoms with Crippen LogP contribution in [0, 0.1) is 13.8 Å². The molecule has 0 amide bonds. The predicted octanol–water partition coefficient (Wildman–Crippen LogP) is 3.94. The fourth-order valence-corrected chi connectivity index (χ4v) is 2.20. The molecule has 1 heterocycles. The second-order valence-electron chi connectivity index (χ2n) is 5.22. The number of hydrogen-bond donors (Lipinski definition) is 0. The highest BCUT2D eigenvalue weighted by atomic mass is 16.5. The summed E-state index contributed by atoms with van der Waals surface area (Å²) in [7, 11) is 1.62. The van der Waals surface area contributed by atoms with Gasteiger partial charge in [-0.25, -0.2) is 0 Å². The van der Waals surface area contributed by atoms with Crippen LogP contribution < -0.4 is 9.47 Å². The second-order valence-corrected chi connectivity index (χ2v) is 5.22. The van der Waals surface area contributed by atoms with Crippen molar-refractivity contribution >= 4 is 0 Å². The molecule has 118 valence electrons. The number of aryl methyl sites for hydroxylation is 1. The number of hydrogen-bond acceptors (Lipinski definition) is 5. The highest BCUT2D eigenvalue weighted by Crippen LogP contribution is 2.24. The molecule has 3 rings (SSSR count). The van der Waals surface area contributed by atoms with Crippen molar-refractivity contribution in [3.8, 4) is 23.0 Å². The topological polar surface area (TPSA) is 57.4 Å². The molecule has 0 N–H and O–H groups in total. The van der Waals surface area contributed by atoms with Gasteiger partial charge in [0.1, 0.15) is 11.5 Å². The monoisotopic (exact) mass is 310 g/mol. The molecule has 0 spiro atoms. The summed E-state index contributed by atoms with van der Waals surface area (Å²) < 4.78 is 16.6. The smallest absolute Gasteiger partial charge is 0.254 e. The highest BCUT2D eigenvalue weighted by molar-refractivity contribution is 5.55. The Bertz CT molecular complexity index is 812. The molecule has 0 radical (unpaired) electrons. The van der Waals surface area contributed by atoms with E-state index in [4.69, 9.17) is 13.9 Å². The van der Waals surface area contributed by atoms with Crippen molar-refractivity contribution in [1.29, 1.82) is 0 Å². The first kappa shape index (κ1) is 15.1. The molecule has 2 aromatic carbocycles. The van der Waals surface area contributed by atoms with Crippen molar-refractivity contribution < 1.29 is 13.9 Å². The number of ether oxygens (including phenoxy) is 2. The maximum atomic E-state index is 5.78. The predicted molar refractivity (Wildman–Crippen MR) is 86.5 cm³/mol. The molecule has 5 nitrogen and oxygen atoms in total. The van der Waals surface area contributed by atoms with Gasteiger partial charge in [-0.1, -0.05) is 18.2 Å². The first-order valence-corrected chi connectivity index (χ1v) is 7.33. The van der Waals surface area contributed by atoms with Crippen LogP contribution in [0.15, 0.2) is 46.9 Å². The zero-order chi connectivity index (χ0) is 16.2. The van der Waals surface area contributed by atoms with Crippen molar-refractivity contribution in [1.82, 2.24) is 10.2 Å². The molecule has 0 unspecified atom stereocenters. The zero-order valence-corrected chi connectivity index (χ0v) is 13.4. The van der Waals surface area contributed by atoms with Gasteiger partial charge in [-0.05, 0) is 49.2 Å². The minimum Gasteiger partial charge on any atom is -0.497 e. The molecular formula is C18H18N2O3. The molecule has 0 atom stereocenters. The Balaban J connectivity index is 1.73. The molecule has 0 bridgehead atoms. The van der Waals surface area contributed by atoms with Crippen molar-refractivity contribution in [2.45, 2.75) is 20.5 Å². The van der Waals surface area contributed by atoms with Crippen LogP contribution in [0.4, 0.5) is 0 Å². The Morgan fingerprint density at radius 1 is 1.04 bits per heavy atom. The van der Waals surface area contributed by atoms with Gasteiger partial charge in [-0.3, -0.25) is 0 Å². The van der Waals surface area contributed by atoms with Gasteiger partial charge in [0.25, 0.3) is 5.89 Å².